The summed E-state index contributed by atoms with van der Waals surface area (Å²) in [4.78, 5) is 2.36. The lowest BCUT2D eigenvalue weighted by atomic mass is 10.2. The van der Waals surface area contributed by atoms with Gasteiger partial charge >= 0.3 is 0 Å². The Hall–Kier alpha value is -1.70. The SMILES string of the molecule is Cc1ccc(/C=N\n2c(SCc3ccccc3)n[nH]c2=S)s1. The summed E-state index contributed by atoms with van der Waals surface area (Å²) in [6.07, 6.45) is 1.82. The maximum absolute atomic E-state index is 5.25. The molecule has 0 radical (unpaired) electrons. The predicted octanol–water partition coefficient (Wildman–Crippen LogP) is 4.49. The van der Waals surface area contributed by atoms with Gasteiger partial charge in [-0.3, -0.25) is 0 Å². The van der Waals surface area contributed by atoms with E-state index in [0.29, 0.717) is 4.77 Å². The van der Waals surface area contributed by atoms with E-state index in [9.17, 15) is 0 Å². The molecule has 0 atom stereocenters. The van der Waals surface area contributed by atoms with Crippen molar-refractivity contribution < 1.29 is 0 Å². The first-order valence-electron chi connectivity index (χ1n) is 6.67. The van der Waals surface area contributed by atoms with Crippen LogP contribution in [-0.4, -0.2) is 21.1 Å². The average Bonchev–Trinajstić information content (AvgIpc) is 3.10. The summed E-state index contributed by atoms with van der Waals surface area (Å²) in [5.74, 6) is 0.827. The number of thiophene rings is 1. The van der Waals surface area contributed by atoms with Gasteiger partial charge in [0.1, 0.15) is 0 Å². The Balaban J connectivity index is 1.76. The van der Waals surface area contributed by atoms with Crippen LogP contribution in [0.4, 0.5) is 0 Å². The zero-order valence-electron chi connectivity index (χ0n) is 11.9. The summed E-state index contributed by atoms with van der Waals surface area (Å²) in [5.41, 5.74) is 1.24. The number of nitrogens with one attached hydrogen (secondary N) is 1. The molecule has 3 rings (SSSR count). The van der Waals surface area contributed by atoms with Gasteiger partial charge in [-0.1, -0.05) is 42.1 Å². The van der Waals surface area contributed by atoms with Crippen LogP contribution in [0.1, 0.15) is 15.3 Å². The molecule has 0 saturated carbocycles. The maximum atomic E-state index is 5.25. The number of aromatic nitrogens is 3. The summed E-state index contributed by atoms with van der Waals surface area (Å²) in [6.45, 7) is 2.08. The van der Waals surface area contributed by atoms with Crippen molar-refractivity contribution in [1.29, 1.82) is 0 Å². The number of thioether (sulfide) groups is 1. The lowest BCUT2D eigenvalue weighted by Crippen LogP contribution is -1.93. The Morgan fingerprint density at radius 3 is 2.86 bits per heavy atom. The third-order valence-corrected chi connectivity index (χ3v) is 5.09. The molecule has 0 saturated heterocycles. The molecule has 2 heterocycles. The minimum Gasteiger partial charge on any atom is -0.249 e. The number of aromatic amines is 1. The number of benzene rings is 1. The van der Waals surface area contributed by atoms with Crippen molar-refractivity contribution in [3.63, 3.8) is 0 Å². The first kappa shape index (κ1) is 15.2. The highest BCUT2D eigenvalue weighted by Crippen LogP contribution is 2.21. The second-order valence-corrected chi connectivity index (χ2v) is 7.24. The Kier molecular flexibility index (Phi) is 4.87. The topological polar surface area (TPSA) is 46.0 Å². The Morgan fingerprint density at radius 1 is 1.32 bits per heavy atom. The molecule has 112 valence electrons. The van der Waals surface area contributed by atoms with Crippen LogP contribution in [0.25, 0.3) is 0 Å². The van der Waals surface area contributed by atoms with E-state index < -0.39 is 0 Å². The molecular formula is C15H14N4S3. The highest BCUT2D eigenvalue weighted by molar-refractivity contribution is 7.98. The molecule has 1 aromatic carbocycles. The fraction of sp³-hybridized carbons (Fsp3) is 0.133. The smallest absolute Gasteiger partial charge is 0.217 e. The third-order valence-electron chi connectivity index (χ3n) is 2.89. The van der Waals surface area contributed by atoms with Crippen LogP contribution < -0.4 is 0 Å². The van der Waals surface area contributed by atoms with Gasteiger partial charge in [0, 0.05) is 15.5 Å². The number of nitrogens with zero attached hydrogens (tertiary/aromatic N) is 3. The van der Waals surface area contributed by atoms with E-state index in [0.717, 1.165) is 15.8 Å². The molecule has 0 unspecified atom stereocenters. The van der Waals surface area contributed by atoms with Gasteiger partial charge in [0.15, 0.2) is 0 Å². The van der Waals surface area contributed by atoms with E-state index in [1.165, 1.54) is 10.4 Å². The number of rotatable bonds is 5. The molecule has 7 heteroatoms. The van der Waals surface area contributed by atoms with E-state index in [2.05, 4.69) is 40.4 Å². The normalized spacial score (nSPS) is 11.3. The standard InChI is InChI=1S/C15H14N4S3/c1-11-7-8-13(22-11)9-16-19-14(20)17-18-15(19)21-10-12-5-3-2-4-6-12/h2-9H,10H2,1H3,(H,17,20)/b16-9-. The number of aryl methyl sites for hydroxylation is 1. The molecule has 0 bridgehead atoms. The largest absolute Gasteiger partial charge is 0.249 e. The highest BCUT2D eigenvalue weighted by Gasteiger charge is 2.06. The molecule has 4 nitrogen and oxygen atoms in total. The Labute approximate surface area is 141 Å². The number of hydrogen-bond donors (Lipinski definition) is 1. The molecule has 22 heavy (non-hydrogen) atoms. The second kappa shape index (κ2) is 7.04. The van der Waals surface area contributed by atoms with Gasteiger partial charge < -0.3 is 0 Å². The van der Waals surface area contributed by atoms with Crippen LogP contribution in [0.5, 0.6) is 0 Å². The minimum absolute atomic E-state index is 0.500. The van der Waals surface area contributed by atoms with Crippen LogP contribution in [0.15, 0.2) is 52.7 Å². The van der Waals surface area contributed by atoms with Gasteiger partial charge in [0.05, 0.1) is 6.21 Å². The van der Waals surface area contributed by atoms with E-state index in [4.69, 9.17) is 12.2 Å². The summed E-state index contributed by atoms with van der Waals surface area (Å²) in [6, 6.07) is 14.4. The molecule has 2 aromatic heterocycles. The summed E-state index contributed by atoms with van der Waals surface area (Å²) in [7, 11) is 0. The lowest BCUT2D eigenvalue weighted by molar-refractivity contribution is 0.759. The van der Waals surface area contributed by atoms with Gasteiger partial charge in [-0.25, -0.2) is 5.10 Å². The van der Waals surface area contributed by atoms with E-state index >= 15 is 0 Å². The van der Waals surface area contributed by atoms with Crippen molar-refractivity contribution in [3.8, 4) is 0 Å². The lowest BCUT2D eigenvalue weighted by Gasteiger charge is -2.00. The average molecular weight is 347 g/mol. The van der Waals surface area contributed by atoms with E-state index in [1.807, 2.05) is 30.5 Å². The second-order valence-electron chi connectivity index (χ2n) is 4.59. The summed E-state index contributed by atoms with van der Waals surface area (Å²) < 4.78 is 2.16. The molecule has 0 aliphatic heterocycles. The van der Waals surface area contributed by atoms with Gasteiger partial charge in [-0.2, -0.15) is 9.78 Å². The van der Waals surface area contributed by atoms with Crippen LogP contribution in [-0.2, 0) is 5.75 Å². The zero-order valence-corrected chi connectivity index (χ0v) is 14.3. The minimum atomic E-state index is 0.500. The van der Waals surface area contributed by atoms with Crippen molar-refractivity contribution >= 4 is 41.5 Å². The van der Waals surface area contributed by atoms with Crippen molar-refractivity contribution in [2.75, 3.05) is 0 Å². The van der Waals surface area contributed by atoms with Crippen LogP contribution >= 0.6 is 35.3 Å². The van der Waals surface area contributed by atoms with Gasteiger partial charge in [0.2, 0.25) is 9.93 Å². The quantitative estimate of drug-likeness (QED) is 0.421. The molecule has 3 aromatic rings. The monoisotopic (exact) mass is 346 g/mol. The summed E-state index contributed by atoms with van der Waals surface area (Å²) >= 11 is 8.55. The van der Waals surface area contributed by atoms with Crippen molar-refractivity contribution in [2.24, 2.45) is 5.10 Å². The first-order valence-corrected chi connectivity index (χ1v) is 8.88. The third kappa shape index (κ3) is 3.73. The molecule has 1 N–H and O–H groups in total. The maximum Gasteiger partial charge on any atom is 0.217 e. The first-order chi connectivity index (χ1) is 10.7. The number of H-pyrrole nitrogens is 1. The van der Waals surface area contributed by atoms with Crippen molar-refractivity contribution in [2.45, 2.75) is 17.8 Å². The predicted molar refractivity (Wildman–Crippen MR) is 95.5 cm³/mol. The van der Waals surface area contributed by atoms with Crippen LogP contribution in [0.3, 0.4) is 0 Å². The molecular weight excluding hydrogens is 332 g/mol. The Bertz CT molecular complexity index is 830. The van der Waals surface area contributed by atoms with Gasteiger partial charge in [0.25, 0.3) is 0 Å². The summed E-state index contributed by atoms with van der Waals surface area (Å²) in [5, 5.41) is 12.3. The highest BCUT2D eigenvalue weighted by atomic mass is 32.2. The van der Waals surface area contributed by atoms with E-state index in [1.54, 1.807) is 27.8 Å². The molecule has 0 aliphatic carbocycles. The molecule has 0 fully saturated rings. The van der Waals surface area contributed by atoms with Crippen LogP contribution in [0, 0.1) is 11.7 Å². The van der Waals surface area contributed by atoms with E-state index in [-0.39, 0.29) is 0 Å². The fourth-order valence-corrected chi connectivity index (χ4v) is 3.67. The molecule has 0 aliphatic rings. The van der Waals surface area contributed by atoms with Crippen molar-refractivity contribution in [3.05, 3.63) is 62.6 Å². The molecule has 0 spiro atoms. The van der Waals surface area contributed by atoms with Gasteiger partial charge in [-0.15, -0.1) is 16.4 Å². The van der Waals surface area contributed by atoms with Crippen molar-refractivity contribution in [1.82, 2.24) is 14.9 Å². The number of hydrogen-bond acceptors (Lipinski definition) is 5. The molecule has 0 amide bonds. The zero-order chi connectivity index (χ0) is 15.4. The van der Waals surface area contributed by atoms with Crippen LogP contribution in [0.2, 0.25) is 0 Å². The fourth-order valence-electron chi connectivity index (χ4n) is 1.83. The van der Waals surface area contributed by atoms with Gasteiger partial charge in [-0.05, 0) is 36.8 Å². The Morgan fingerprint density at radius 2 is 2.14 bits per heavy atom.